The van der Waals surface area contributed by atoms with Crippen molar-refractivity contribution in [3.63, 3.8) is 0 Å². The van der Waals surface area contributed by atoms with Gasteiger partial charge in [-0.1, -0.05) is 48.5 Å². The molecular weight excluding hydrogens is 396 g/mol. The highest BCUT2D eigenvalue weighted by Crippen LogP contribution is 2.50. The molecule has 32 heavy (non-hydrogen) atoms. The van der Waals surface area contributed by atoms with Crippen LogP contribution in [0.25, 0.3) is 11.0 Å². The van der Waals surface area contributed by atoms with Gasteiger partial charge in [-0.25, -0.2) is 9.97 Å². The van der Waals surface area contributed by atoms with Crippen molar-refractivity contribution < 1.29 is 4.79 Å². The second kappa shape index (κ2) is 7.61. The molecule has 0 bridgehead atoms. The van der Waals surface area contributed by atoms with Crippen LogP contribution in [0.3, 0.4) is 0 Å². The average molecular weight is 421 g/mol. The number of allylic oxidation sites excluding steroid dienone is 1. The molecule has 4 aromatic rings. The molecule has 0 atom stereocenters. The van der Waals surface area contributed by atoms with Crippen molar-refractivity contribution in [2.24, 2.45) is 0 Å². The molecule has 0 fully saturated rings. The first-order chi connectivity index (χ1) is 15.5. The van der Waals surface area contributed by atoms with Crippen LogP contribution < -0.4 is 9.80 Å². The SMILES string of the molecule is Cc1cccc(C)c1N1C(=CC=O)N(c2c(C)cccc2C)c2nc3ccccc3nc21. The van der Waals surface area contributed by atoms with Gasteiger partial charge in [-0.3, -0.25) is 14.6 Å². The van der Waals surface area contributed by atoms with Gasteiger partial charge in [0, 0.05) is 6.08 Å². The Bertz CT molecular complexity index is 1270. The van der Waals surface area contributed by atoms with Crippen molar-refractivity contribution in [2.75, 3.05) is 9.80 Å². The van der Waals surface area contributed by atoms with Crippen LogP contribution in [0.5, 0.6) is 0 Å². The lowest BCUT2D eigenvalue weighted by Crippen LogP contribution is -2.24. The lowest BCUT2D eigenvalue weighted by Gasteiger charge is -2.28. The van der Waals surface area contributed by atoms with Gasteiger partial charge in [0.25, 0.3) is 0 Å². The number of benzene rings is 3. The second-order valence-corrected chi connectivity index (χ2v) is 8.17. The van der Waals surface area contributed by atoms with Gasteiger partial charge in [0.15, 0.2) is 11.6 Å². The molecular formula is C27H24N4O. The molecule has 0 N–H and O–H groups in total. The molecule has 5 nitrogen and oxygen atoms in total. The minimum Gasteiger partial charge on any atom is -0.298 e. The Kier molecular flexibility index (Phi) is 4.74. The van der Waals surface area contributed by atoms with Crippen molar-refractivity contribution in [1.82, 2.24) is 9.97 Å². The maximum absolute atomic E-state index is 11.9. The Balaban J connectivity index is 1.90. The van der Waals surface area contributed by atoms with Crippen LogP contribution in [0.4, 0.5) is 23.0 Å². The van der Waals surface area contributed by atoms with E-state index in [9.17, 15) is 4.79 Å². The lowest BCUT2D eigenvalue weighted by molar-refractivity contribution is -0.104. The van der Waals surface area contributed by atoms with Crippen LogP contribution in [-0.2, 0) is 4.79 Å². The average Bonchev–Trinajstić information content (AvgIpc) is 3.05. The van der Waals surface area contributed by atoms with E-state index in [-0.39, 0.29) is 0 Å². The third-order valence-electron chi connectivity index (χ3n) is 5.96. The van der Waals surface area contributed by atoms with Crippen LogP contribution in [0, 0.1) is 27.7 Å². The fourth-order valence-corrected chi connectivity index (χ4v) is 4.57. The molecule has 2 heterocycles. The number of nitrogens with zero attached hydrogens (tertiary/aromatic N) is 4. The van der Waals surface area contributed by atoms with Gasteiger partial charge in [-0.2, -0.15) is 0 Å². The van der Waals surface area contributed by atoms with Crippen molar-refractivity contribution in [3.05, 3.63) is 94.8 Å². The van der Waals surface area contributed by atoms with E-state index in [1.807, 2.05) is 36.4 Å². The fourth-order valence-electron chi connectivity index (χ4n) is 4.57. The minimum atomic E-state index is 0.719. The number of hydrogen-bond donors (Lipinski definition) is 0. The van der Waals surface area contributed by atoms with Gasteiger partial charge in [0.05, 0.1) is 22.4 Å². The smallest absolute Gasteiger partial charge is 0.183 e. The summed E-state index contributed by atoms with van der Waals surface area (Å²) in [5.41, 5.74) is 8.07. The molecule has 5 rings (SSSR count). The highest BCUT2D eigenvalue weighted by molar-refractivity contribution is 5.96. The quantitative estimate of drug-likeness (QED) is 0.292. The molecule has 3 aromatic carbocycles. The Hall–Kier alpha value is -3.99. The molecule has 0 amide bonds. The summed E-state index contributed by atoms with van der Waals surface area (Å²) in [5, 5.41) is 0. The molecule has 158 valence electrons. The molecule has 1 aliphatic heterocycles. The highest BCUT2D eigenvalue weighted by Gasteiger charge is 2.38. The number of aldehydes is 1. The van der Waals surface area contributed by atoms with Gasteiger partial charge in [0.1, 0.15) is 12.1 Å². The van der Waals surface area contributed by atoms with Crippen molar-refractivity contribution in [1.29, 1.82) is 0 Å². The van der Waals surface area contributed by atoms with Crippen molar-refractivity contribution in [3.8, 4) is 0 Å². The van der Waals surface area contributed by atoms with Gasteiger partial charge in [-0.05, 0) is 62.1 Å². The van der Waals surface area contributed by atoms with Gasteiger partial charge >= 0.3 is 0 Å². The number of carbonyl (C=O) groups excluding carboxylic acids is 1. The molecule has 0 radical (unpaired) electrons. The topological polar surface area (TPSA) is 49.3 Å². The Morgan fingerprint density at radius 3 is 1.41 bits per heavy atom. The number of hydrogen-bond acceptors (Lipinski definition) is 5. The Morgan fingerprint density at radius 1 is 0.625 bits per heavy atom. The van der Waals surface area contributed by atoms with Crippen LogP contribution in [0.1, 0.15) is 22.3 Å². The van der Waals surface area contributed by atoms with Crippen molar-refractivity contribution in [2.45, 2.75) is 27.7 Å². The fraction of sp³-hybridized carbons (Fsp3) is 0.148. The maximum atomic E-state index is 11.9. The molecule has 5 heteroatoms. The van der Waals surface area contributed by atoms with Gasteiger partial charge in [-0.15, -0.1) is 0 Å². The molecule has 1 aromatic heterocycles. The van der Waals surface area contributed by atoms with E-state index in [4.69, 9.17) is 9.97 Å². The van der Waals surface area contributed by atoms with Crippen LogP contribution in [0.15, 0.2) is 72.6 Å². The van der Waals surface area contributed by atoms with E-state index in [0.29, 0.717) is 0 Å². The standard InChI is InChI=1S/C27H24N4O/c1-17-9-7-10-18(2)24(17)30-23(15-16-32)31(25-19(3)11-8-12-20(25)4)27-26(30)28-21-13-5-6-14-22(21)29-27/h5-16H,1-4H3. The summed E-state index contributed by atoms with van der Waals surface area (Å²) in [6, 6.07) is 20.3. The zero-order chi connectivity index (χ0) is 22.4. The number of fused-ring (bicyclic) bond motifs is 2. The summed E-state index contributed by atoms with van der Waals surface area (Å²) in [4.78, 5) is 26.1. The van der Waals surface area contributed by atoms with E-state index in [0.717, 1.165) is 68.4 Å². The maximum Gasteiger partial charge on any atom is 0.183 e. The predicted octanol–water partition coefficient (Wildman–Crippen LogP) is 6.19. The molecule has 0 aliphatic carbocycles. The van der Waals surface area contributed by atoms with E-state index in [1.54, 1.807) is 6.08 Å². The minimum absolute atomic E-state index is 0.719. The highest BCUT2D eigenvalue weighted by atomic mass is 16.1. The number of aryl methyl sites for hydroxylation is 4. The van der Waals surface area contributed by atoms with Crippen molar-refractivity contribution >= 4 is 40.3 Å². The van der Waals surface area contributed by atoms with Gasteiger partial charge in [0.2, 0.25) is 0 Å². The number of carbonyl (C=O) groups is 1. The monoisotopic (exact) mass is 420 g/mol. The third-order valence-corrected chi connectivity index (χ3v) is 5.96. The molecule has 0 unspecified atom stereocenters. The predicted molar refractivity (Wildman–Crippen MR) is 130 cm³/mol. The molecule has 0 saturated heterocycles. The summed E-state index contributed by atoms with van der Waals surface area (Å²) < 4.78 is 0. The third kappa shape index (κ3) is 2.97. The van der Waals surface area contributed by atoms with Gasteiger partial charge < -0.3 is 0 Å². The zero-order valence-corrected chi connectivity index (χ0v) is 18.6. The van der Waals surface area contributed by atoms with Crippen LogP contribution in [-0.4, -0.2) is 16.3 Å². The zero-order valence-electron chi connectivity index (χ0n) is 18.6. The first-order valence-electron chi connectivity index (χ1n) is 10.7. The van der Waals surface area contributed by atoms with Crippen LogP contribution >= 0.6 is 0 Å². The summed E-state index contributed by atoms with van der Waals surface area (Å²) in [6.45, 7) is 8.32. The number of para-hydroxylation sites is 4. The summed E-state index contributed by atoms with van der Waals surface area (Å²) in [7, 11) is 0. The van der Waals surface area contributed by atoms with E-state index >= 15 is 0 Å². The summed E-state index contributed by atoms with van der Waals surface area (Å²) in [6.07, 6.45) is 2.44. The Labute approximate surface area is 187 Å². The molecule has 0 spiro atoms. The van der Waals surface area contributed by atoms with E-state index < -0.39 is 0 Å². The van der Waals surface area contributed by atoms with E-state index in [2.05, 4.69) is 61.8 Å². The first-order valence-corrected chi connectivity index (χ1v) is 10.7. The summed E-state index contributed by atoms with van der Waals surface area (Å²) >= 11 is 0. The second-order valence-electron chi connectivity index (χ2n) is 8.17. The lowest BCUT2D eigenvalue weighted by atomic mass is 10.1. The number of anilines is 4. The first kappa shape index (κ1) is 19.9. The largest absolute Gasteiger partial charge is 0.298 e. The summed E-state index contributed by atoms with van der Waals surface area (Å²) in [5.74, 6) is 2.16. The number of aromatic nitrogens is 2. The van der Waals surface area contributed by atoms with Crippen LogP contribution in [0.2, 0.25) is 0 Å². The number of rotatable bonds is 3. The molecule has 0 saturated carbocycles. The Morgan fingerprint density at radius 2 is 1.03 bits per heavy atom. The normalized spacial score (nSPS) is 12.9. The van der Waals surface area contributed by atoms with E-state index in [1.165, 1.54) is 0 Å². The molecule has 1 aliphatic rings.